The van der Waals surface area contributed by atoms with Crippen molar-refractivity contribution in [3.63, 3.8) is 0 Å². The van der Waals surface area contributed by atoms with E-state index >= 15 is 0 Å². The van der Waals surface area contributed by atoms with Gasteiger partial charge in [-0.25, -0.2) is 13.2 Å². The lowest BCUT2D eigenvalue weighted by atomic mass is 10.1. The molecule has 4 heteroatoms. The number of hydrogen-bond acceptors (Lipinski definition) is 0. The van der Waals surface area contributed by atoms with Gasteiger partial charge in [0.05, 0.1) is 12.6 Å². The molecule has 0 nitrogen and oxygen atoms in total. The number of hydrogen-bond donors (Lipinski definition) is 0. The number of rotatable bonds is 3. The van der Waals surface area contributed by atoms with E-state index in [1.165, 1.54) is 0 Å². The fourth-order valence-electron chi connectivity index (χ4n) is 0.245. The maximum absolute atomic E-state index is 11.9. The van der Waals surface area contributed by atoms with Gasteiger partial charge in [0, 0.05) is 0 Å². The Balaban J connectivity index is 3.80. The van der Waals surface area contributed by atoms with Crippen molar-refractivity contribution in [2.24, 2.45) is 5.92 Å². The standard InChI is InChI=1S/C5H8F4/c1-4(2-6)5(8,9)3-7/h4H,2-3H2,1H3. The van der Waals surface area contributed by atoms with Crippen LogP contribution in [0.25, 0.3) is 0 Å². The fraction of sp³-hybridized carbons (Fsp3) is 1.00. The Morgan fingerprint density at radius 2 is 1.78 bits per heavy atom. The van der Waals surface area contributed by atoms with Crippen molar-refractivity contribution in [1.82, 2.24) is 0 Å². The first kappa shape index (κ1) is 8.72. The zero-order valence-corrected chi connectivity index (χ0v) is 5.00. The largest absolute Gasteiger partial charge is 0.280 e. The summed E-state index contributed by atoms with van der Waals surface area (Å²) in [5.74, 6) is -5.00. The zero-order valence-electron chi connectivity index (χ0n) is 5.00. The van der Waals surface area contributed by atoms with Crippen molar-refractivity contribution in [2.75, 3.05) is 13.3 Å². The van der Waals surface area contributed by atoms with Gasteiger partial charge in [-0.3, -0.25) is 4.39 Å². The van der Waals surface area contributed by atoms with Crippen LogP contribution in [0.15, 0.2) is 0 Å². The molecule has 9 heavy (non-hydrogen) atoms. The highest BCUT2D eigenvalue weighted by atomic mass is 19.3. The molecule has 0 saturated carbocycles. The van der Waals surface area contributed by atoms with Crippen LogP contribution >= 0.6 is 0 Å². The maximum Gasteiger partial charge on any atom is 0.280 e. The van der Waals surface area contributed by atoms with Crippen molar-refractivity contribution < 1.29 is 17.6 Å². The molecule has 0 rings (SSSR count). The van der Waals surface area contributed by atoms with Crippen molar-refractivity contribution in [1.29, 1.82) is 0 Å². The molecule has 0 aliphatic carbocycles. The van der Waals surface area contributed by atoms with Gasteiger partial charge in [-0.15, -0.1) is 0 Å². The van der Waals surface area contributed by atoms with E-state index in [9.17, 15) is 17.6 Å². The summed E-state index contributed by atoms with van der Waals surface area (Å²) in [6.07, 6.45) is 0. The molecular formula is C5H8F4. The third-order valence-electron chi connectivity index (χ3n) is 1.13. The number of alkyl halides is 4. The van der Waals surface area contributed by atoms with Gasteiger partial charge < -0.3 is 0 Å². The second-order valence-electron chi connectivity index (χ2n) is 1.95. The van der Waals surface area contributed by atoms with E-state index in [-0.39, 0.29) is 0 Å². The predicted octanol–water partition coefficient (Wildman–Crippen LogP) is 2.20. The Hall–Kier alpha value is -0.280. The summed E-state index contributed by atoms with van der Waals surface area (Å²) >= 11 is 0. The molecule has 0 aromatic rings. The lowest BCUT2D eigenvalue weighted by Crippen LogP contribution is -2.29. The molecule has 0 bridgehead atoms. The molecule has 0 heterocycles. The molecule has 0 aromatic carbocycles. The van der Waals surface area contributed by atoms with Gasteiger partial charge in [0.1, 0.15) is 0 Å². The average molecular weight is 144 g/mol. The first-order valence-electron chi connectivity index (χ1n) is 2.54. The van der Waals surface area contributed by atoms with Crippen molar-refractivity contribution >= 4 is 0 Å². The van der Waals surface area contributed by atoms with E-state index < -0.39 is 25.2 Å². The summed E-state index contributed by atoms with van der Waals surface area (Å²) in [7, 11) is 0. The molecule has 1 atom stereocenters. The van der Waals surface area contributed by atoms with Crippen LogP contribution in [0.5, 0.6) is 0 Å². The SMILES string of the molecule is CC(CF)C(F)(F)CF. The summed E-state index contributed by atoms with van der Waals surface area (Å²) < 4.78 is 46.6. The third-order valence-corrected chi connectivity index (χ3v) is 1.13. The minimum Gasteiger partial charge on any atom is -0.251 e. The third kappa shape index (κ3) is 2.20. The van der Waals surface area contributed by atoms with Gasteiger partial charge in [0.25, 0.3) is 5.92 Å². The average Bonchev–Trinajstić information content (AvgIpc) is 1.86. The van der Waals surface area contributed by atoms with Crippen LogP contribution in [0.1, 0.15) is 6.92 Å². The summed E-state index contributed by atoms with van der Waals surface area (Å²) in [5.41, 5.74) is 0. The highest BCUT2D eigenvalue weighted by Crippen LogP contribution is 2.24. The van der Waals surface area contributed by atoms with Gasteiger partial charge in [0.2, 0.25) is 0 Å². The van der Waals surface area contributed by atoms with Crippen LogP contribution < -0.4 is 0 Å². The summed E-state index contributed by atoms with van der Waals surface area (Å²) in [6.45, 7) is -1.99. The Bertz CT molecular complexity index is 81.0. The van der Waals surface area contributed by atoms with Crippen LogP contribution in [-0.2, 0) is 0 Å². The Morgan fingerprint density at radius 1 is 1.33 bits per heavy atom. The molecule has 0 N–H and O–H groups in total. The molecule has 1 unspecified atom stereocenters. The normalized spacial score (nSPS) is 15.7. The Morgan fingerprint density at radius 3 is 1.89 bits per heavy atom. The second kappa shape index (κ2) is 3.03. The molecule has 0 amide bonds. The van der Waals surface area contributed by atoms with Crippen LogP contribution in [0.3, 0.4) is 0 Å². The van der Waals surface area contributed by atoms with Gasteiger partial charge in [-0.1, -0.05) is 6.92 Å². The monoisotopic (exact) mass is 144 g/mol. The highest BCUT2D eigenvalue weighted by molar-refractivity contribution is 4.71. The molecule has 0 fully saturated rings. The molecule has 0 saturated heterocycles. The van der Waals surface area contributed by atoms with Gasteiger partial charge >= 0.3 is 0 Å². The molecule has 0 spiro atoms. The fourth-order valence-corrected chi connectivity index (χ4v) is 0.245. The highest BCUT2D eigenvalue weighted by Gasteiger charge is 2.36. The van der Waals surface area contributed by atoms with Crippen LogP contribution in [0.2, 0.25) is 0 Å². The molecule has 0 aliphatic heterocycles. The minimum absolute atomic E-state index is 0.972. The Labute approximate surface area is 50.9 Å². The lowest BCUT2D eigenvalue weighted by molar-refractivity contribution is -0.0759. The maximum atomic E-state index is 11.9. The molecule has 0 aromatic heterocycles. The van der Waals surface area contributed by atoms with E-state index in [1.807, 2.05) is 0 Å². The first-order valence-corrected chi connectivity index (χ1v) is 2.54. The van der Waals surface area contributed by atoms with Gasteiger partial charge in [-0.2, -0.15) is 0 Å². The van der Waals surface area contributed by atoms with E-state index in [0.717, 1.165) is 6.92 Å². The van der Waals surface area contributed by atoms with Gasteiger partial charge in [-0.05, 0) is 0 Å². The quantitative estimate of drug-likeness (QED) is 0.532. The first-order chi connectivity index (χ1) is 4.04. The smallest absolute Gasteiger partial charge is 0.251 e. The molecule has 0 aliphatic rings. The van der Waals surface area contributed by atoms with Crippen molar-refractivity contribution in [2.45, 2.75) is 12.8 Å². The van der Waals surface area contributed by atoms with E-state index in [0.29, 0.717) is 0 Å². The second-order valence-corrected chi connectivity index (χ2v) is 1.95. The zero-order chi connectivity index (χ0) is 7.49. The summed E-state index contributed by atoms with van der Waals surface area (Å²) in [5, 5.41) is 0. The van der Waals surface area contributed by atoms with Crippen LogP contribution in [0.4, 0.5) is 17.6 Å². The molecule has 0 radical (unpaired) electrons. The van der Waals surface area contributed by atoms with Crippen LogP contribution in [0, 0.1) is 5.92 Å². The predicted molar refractivity (Wildman–Crippen MR) is 26.1 cm³/mol. The van der Waals surface area contributed by atoms with Crippen molar-refractivity contribution in [3.05, 3.63) is 0 Å². The van der Waals surface area contributed by atoms with Crippen molar-refractivity contribution in [3.8, 4) is 0 Å². The van der Waals surface area contributed by atoms with Gasteiger partial charge in [0.15, 0.2) is 6.67 Å². The topological polar surface area (TPSA) is 0 Å². The molecular weight excluding hydrogens is 136 g/mol. The van der Waals surface area contributed by atoms with E-state index in [2.05, 4.69) is 0 Å². The van der Waals surface area contributed by atoms with E-state index in [1.54, 1.807) is 0 Å². The summed E-state index contributed by atoms with van der Waals surface area (Å²) in [4.78, 5) is 0. The summed E-state index contributed by atoms with van der Waals surface area (Å²) in [6, 6.07) is 0. The van der Waals surface area contributed by atoms with Crippen LogP contribution in [-0.4, -0.2) is 19.3 Å². The minimum atomic E-state index is -3.49. The lowest BCUT2D eigenvalue weighted by Gasteiger charge is -2.16. The number of halogens is 4. The Kier molecular flexibility index (Phi) is 2.94. The molecule has 56 valence electrons. The van der Waals surface area contributed by atoms with E-state index in [4.69, 9.17) is 0 Å².